The largest absolute Gasteiger partial charge is 0.472 e. The molecule has 0 aliphatic carbocycles. The molecule has 1 unspecified atom stereocenters. The van der Waals surface area contributed by atoms with Crippen LogP contribution in [0.25, 0.3) is 0 Å². The average molecular weight is 493 g/mol. The van der Waals surface area contributed by atoms with Crippen LogP contribution in [-0.4, -0.2) is 43.8 Å². The van der Waals surface area contributed by atoms with Gasteiger partial charge in [0.1, 0.15) is 0 Å². The lowest BCUT2D eigenvalue weighted by molar-refractivity contribution is 0.145. The number of phosphoric acid groups is 1. The summed E-state index contributed by atoms with van der Waals surface area (Å²) >= 11 is 0. The molecule has 3 N–H and O–H groups in total. The van der Waals surface area contributed by atoms with Crippen molar-refractivity contribution in [3.8, 4) is 0 Å². The summed E-state index contributed by atoms with van der Waals surface area (Å²) in [6.45, 7) is 10.2. The first kappa shape index (κ1) is 33.0. The number of phosphoric ester groups is 1. The van der Waals surface area contributed by atoms with E-state index in [2.05, 4.69) is 31.4 Å². The third kappa shape index (κ3) is 24.9. The topological polar surface area (TPSA) is 79.8 Å². The second kappa shape index (κ2) is 25.1. The van der Waals surface area contributed by atoms with E-state index < -0.39 is 7.82 Å². The molecule has 0 bridgehead atoms. The highest BCUT2D eigenvalue weighted by molar-refractivity contribution is 7.47. The van der Waals surface area contributed by atoms with Crippen molar-refractivity contribution in [1.29, 1.82) is 0 Å². The van der Waals surface area contributed by atoms with E-state index in [9.17, 15) is 9.46 Å². The lowest BCUT2D eigenvalue weighted by atomic mass is 10.0. The third-order valence-corrected chi connectivity index (χ3v) is 7.07. The van der Waals surface area contributed by atoms with Crippen LogP contribution in [-0.2, 0) is 13.6 Å². The molecule has 0 aliphatic rings. The van der Waals surface area contributed by atoms with Crippen molar-refractivity contribution in [2.24, 2.45) is 0 Å². The fourth-order valence-corrected chi connectivity index (χ4v) is 4.72. The molecule has 0 aromatic carbocycles. The molecule has 0 aromatic rings. The maximum absolute atomic E-state index is 11.9. The van der Waals surface area contributed by atoms with E-state index in [0.717, 1.165) is 45.3 Å². The Balaban J connectivity index is 3.61. The first-order valence-corrected chi connectivity index (χ1v) is 15.6. The highest BCUT2D eigenvalue weighted by Crippen LogP contribution is 2.43. The van der Waals surface area contributed by atoms with Gasteiger partial charge in [-0.05, 0) is 38.6 Å². The van der Waals surface area contributed by atoms with E-state index >= 15 is 0 Å². The van der Waals surface area contributed by atoms with Gasteiger partial charge in [-0.3, -0.25) is 9.05 Å². The summed E-state index contributed by atoms with van der Waals surface area (Å²) in [4.78, 5) is 9.75. The normalized spacial score (nSPS) is 13.6. The Hall–Kier alpha value is 0.0300. The Labute approximate surface area is 206 Å². The Morgan fingerprint density at radius 3 is 1.70 bits per heavy atom. The second-order valence-corrected chi connectivity index (χ2v) is 10.8. The van der Waals surface area contributed by atoms with Crippen LogP contribution in [0.1, 0.15) is 130 Å². The number of rotatable bonds is 27. The third-order valence-electron chi connectivity index (χ3n) is 6.05. The predicted molar refractivity (Wildman–Crippen MR) is 142 cm³/mol. The molecule has 0 heterocycles. The summed E-state index contributed by atoms with van der Waals surface area (Å²) in [6, 6.07) is 0.651. The monoisotopic (exact) mass is 492 g/mol. The van der Waals surface area contributed by atoms with Crippen LogP contribution < -0.4 is 10.6 Å². The molecule has 33 heavy (non-hydrogen) atoms. The van der Waals surface area contributed by atoms with Crippen molar-refractivity contribution in [2.75, 3.05) is 32.8 Å². The van der Waals surface area contributed by atoms with Gasteiger partial charge in [0.2, 0.25) is 0 Å². The quantitative estimate of drug-likeness (QED) is 0.0821. The Morgan fingerprint density at radius 2 is 1.12 bits per heavy atom. The van der Waals surface area contributed by atoms with E-state index in [1.165, 1.54) is 83.5 Å². The van der Waals surface area contributed by atoms with Gasteiger partial charge in [-0.2, -0.15) is 0 Å². The van der Waals surface area contributed by atoms with Gasteiger partial charge < -0.3 is 15.5 Å². The fourth-order valence-electron chi connectivity index (χ4n) is 3.93. The lowest BCUT2D eigenvalue weighted by Gasteiger charge is -2.19. The van der Waals surface area contributed by atoms with E-state index in [4.69, 9.17) is 9.05 Å². The Morgan fingerprint density at radius 1 is 0.636 bits per heavy atom. The number of hydrogen-bond donors (Lipinski definition) is 3. The van der Waals surface area contributed by atoms with Gasteiger partial charge in [-0.25, -0.2) is 4.57 Å². The summed E-state index contributed by atoms with van der Waals surface area (Å²) in [5.41, 5.74) is 0. The molecule has 7 heteroatoms. The zero-order chi connectivity index (χ0) is 24.5. The van der Waals surface area contributed by atoms with Crippen molar-refractivity contribution in [3.63, 3.8) is 0 Å². The van der Waals surface area contributed by atoms with E-state index in [0.29, 0.717) is 12.6 Å². The maximum Gasteiger partial charge on any atom is 0.472 e. The molecular formula is C26H57N2O4P. The molecule has 0 amide bonds. The van der Waals surface area contributed by atoms with E-state index in [1.54, 1.807) is 0 Å². The van der Waals surface area contributed by atoms with Crippen LogP contribution in [0.5, 0.6) is 0 Å². The lowest BCUT2D eigenvalue weighted by Crippen LogP contribution is -2.35. The first-order chi connectivity index (χ1) is 16.1. The summed E-state index contributed by atoms with van der Waals surface area (Å²) < 4.78 is 22.1. The zero-order valence-electron chi connectivity index (χ0n) is 22.3. The smallest absolute Gasteiger partial charge is 0.315 e. The van der Waals surface area contributed by atoms with Crippen molar-refractivity contribution in [1.82, 2.24) is 10.6 Å². The van der Waals surface area contributed by atoms with E-state index in [-0.39, 0.29) is 6.61 Å². The highest BCUT2D eigenvalue weighted by Gasteiger charge is 2.19. The fraction of sp³-hybridized carbons (Fsp3) is 1.00. The minimum Gasteiger partial charge on any atom is -0.315 e. The first-order valence-electron chi connectivity index (χ1n) is 14.1. The molecule has 1 atom stereocenters. The molecule has 0 saturated carbocycles. The standard InChI is InChI=1S/C26H57N2O4P/c1-4-7-10-11-12-13-17-24-31-33(29,30)32-25-18-16-21-27-22-23-28-26(19-14-8-5-2)20-15-9-6-3/h26-28H,4-25H2,1-3H3,(H,29,30). The SMILES string of the molecule is CCCCCCCCCOP(=O)(O)OCCCCNCCNC(CCCCC)CCCCC. The zero-order valence-corrected chi connectivity index (χ0v) is 23.1. The van der Waals surface area contributed by atoms with Gasteiger partial charge in [0.05, 0.1) is 13.2 Å². The minimum atomic E-state index is -3.89. The molecule has 6 nitrogen and oxygen atoms in total. The van der Waals surface area contributed by atoms with Crippen molar-refractivity contribution < 1.29 is 18.5 Å². The van der Waals surface area contributed by atoms with Crippen LogP contribution in [0.2, 0.25) is 0 Å². The summed E-state index contributed by atoms with van der Waals surface area (Å²) in [5, 5.41) is 7.19. The second-order valence-electron chi connectivity index (χ2n) is 9.36. The molecule has 0 aromatic heterocycles. The predicted octanol–water partition coefficient (Wildman–Crippen LogP) is 7.36. The van der Waals surface area contributed by atoms with Crippen LogP contribution in [0.3, 0.4) is 0 Å². The number of nitrogens with one attached hydrogen (secondary N) is 2. The average Bonchev–Trinajstić information content (AvgIpc) is 2.79. The van der Waals surface area contributed by atoms with Gasteiger partial charge in [0.25, 0.3) is 0 Å². The van der Waals surface area contributed by atoms with Crippen LogP contribution >= 0.6 is 7.82 Å². The van der Waals surface area contributed by atoms with E-state index in [1.807, 2.05) is 0 Å². The van der Waals surface area contributed by atoms with Crippen LogP contribution in [0.15, 0.2) is 0 Å². The summed E-state index contributed by atoms with van der Waals surface area (Å²) in [6.07, 6.45) is 20.2. The molecule has 200 valence electrons. The van der Waals surface area contributed by atoms with Crippen molar-refractivity contribution in [3.05, 3.63) is 0 Å². The molecule has 0 fully saturated rings. The molecule has 0 rings (SSSR count). The number of unbranched alkanes of at least 4 members (excludes halogenated alkanes) is 11. The van der Waals surface area contributed by atoms with Crippen molar-refractivity contribution >= 4 is 7.82 Å². The number of hydrogen-bond acceptors (Lipinski definition) is 5. The highest BCUT2D eigenvalue weighted by atomic mass is 31.2. The van der Waals surface area contributed by atoms with Gasteiger partial charge in [0.15, 0.2) is 0 Å². The molecular weight excluding hydrogens is 435 g/mol. The Bertz CT molecular complexity index is 431. The minimum absolute atomic E-state index is 0.266. The van der Waals surface area contributed by atoms with Gasteiger partial charge in [-0.15, -0.1) is 0 Å². The van der Waals surface area contributed by atoms with Crippen LogP contribution in [0.4, 0.5) is 0 Å². The van der Waals surface area contributed by atoms with Crippen molar-refractivity contribution in [2.45, 2.75) is 136 Å². The summed E-state index contributed by atoms with van der Waals surface area (Å²) in [7, 11) is -3.89. The molecule has 0 spiro atoms. The van der Waals surface area contributed by atoms with Crippen LogP contribution in [0, 0.1) is 0 Å². The molecule has 0 radical (unpaired) electrons. The summed E-state index contributed by atoms with van der Waals surface area (Å²) in [5.74, 6) is 0. The van der Waals surface area contributed by atoms with Gasteiger partial charge in [-0.1, -0.05) is 97.8 Å². The van der Waals surface area contributed by atoms with Gasteiger partial charge >= 0.3 is 7.82 Å². The molecule has 0 aliphatic heterocycles. The molecule has 0 saturated heterocycles. The Kier molecular flexibility index (Phi) is 25.2. The maximum atomic E-state index is 11.9. The van der Waals surface area contributed by atoms with Gasteiger partial charge in [0, 0.05) is 19.1 Å².